The fourth-order valence-electron chi connectivity index (χ4n) is 2.74. The van der Waals surface area contributed by atoms with Gasteiger partial charge in [0.25, 0.3) is 0 Å². The fraction of sp³-hybridized carbons (Fsp3) is 0.316. The first-order valence-corrected chi connectivity index (χ1v) is 8.02. The highest BCUT2D eigenvalue weighted by atomic mass is 19.1. The SMILES string of the molecule is O=C(OCc1cc(F)cc2c1O[C@@H](c1ccccc1)OC2)C1CC1. The maximum atomic E-state index is 13.8. The van der Waals surface area contributed by atoms with Crippen molar-refractivity contribution >= 4 is 5.97 Å². The summed E-state index contributed by atoms with van der Waals surface area (Å²) in [6.45, 7) is 0.257. The van der Waals surface area contributed by atoms with Gasteiger partial charge in [-0.25, -0.2) is 4.39 Å². The summed E-state index contributed by atoms with van der Waals surface area (Å²) >= 11 is 0. The molecule has 4 rings (SSSR count). The Morgan fingerprint density at radius 2 is 2.00 bits per heavy atom. The molecule has 4 nitrogen and oxygen atoms in total. The second-order valence-electron chi connectivity index (χ2n) is 6.11. The minimum absolute atomic E-state index is 0.00991. The van der Waals surface area contributed by atoms with Crippen LogP contribution in [0.15, 0.2) is 42.5 Å². The largest absolute Gasteiger partial charge is 0.460 e. The number of halogens is 1. The highest BCUT2D eigenvalue weighted by molar-refractivity contribution is 5.75. The quantitative estimate of drug-likeness (QED) is 0.799. The summed E-state index contributed by atoms with van der Waals surface area (Å²) in [6.07, 6.45) is 1.20. The van der Waals surface area contributed by atoms with Gasteiger partial charge >= 0.3 is 5.97 Å². The van der Waals surface area contributed by atoms with Crippen molar-refractivity contribution in [2.24, 2.45) is 5.92 Å². The molecule has 2 aromatic carbocycles. The molecule has 1 atom stereocenters. The monoisotopic (exact) mass is 328 g/mol. The summed E-state index contributed by atoms with van der Waals surface area (Å²) in [6, 6.07) is 12.3. The zero-order valence-electron chi connectivity index (χ0n) is 13.0. The molecule has 1 saturated carbocycles. The zero-order chi connectivity index (χ0) is 16.5. The first kappa shape index (κ1) is 15.1. The molecule has 0 radical (unpaired) electrons. The van der Waals surface area contributed by atoms with Crippen LogP contribution in [0.25, 0.3) is 0 Å². The number of carbonyl (C=O) groups excluding carboxylic acids is 1. The van der Waals surface area contributed by atoms with Crippen LogP contribution in [0.4, 0.5) is 4.39 Å². The molecule has 1 fully saturated rings. The Labute approximate surface area is 139 Å². The minimum atomic E-state index is -0.554. The number of fused-ring (bicyclic) bond motifs is 1. The lowest BCUT2D eigenvalue weighted by Crippen LogP contribution is -2.20. The van der Waals surface area contributed by atoms with Crippen molar-refractivity contribution in [3.05, 3.63) is 65.0 Å². The Morgan fingerprint density at radius 1 is 1.21 bits per heavy atom. The van der Waals surface area contributed by atoms with E-state index in [0.29, 0.717) is 16.9 Å². The topological polar surface area (TPSA) is 44.8 Å². The van der Waals surface area contributed by atoms with Crippen LogP contribution in [0.2, 0.25) is 0 Å². The molecule has 0 N–H and O–H groups in total. The van der Waals surface area contributed by atoms with Crippen molar-refractivity contribution in [3.63, 3.8) is 0 Å². The van der Waals surface area contributed by atoms with Gasteiger partial charge in [-0.2, -0.15) is 0 Å². The van der Waals surface area contributed by atoms with E-state index in [2.05, 4.69) is 0 Å². The van der Waals surface area contributed by atoms with Gasteiger partial charge in [-0.1, -0.05) is 30.3 Å². The second-order valence-corrected chi connectivity index (χ2v) is 6.11. The van der Waals surface area contributed by atoms with Gasteiger partial charge < -0.3 is 14.2 Å². The van der Waals surface area contributed by atoms with Crippen molar-refractivity contribution in [1.82, 2.24) is 0 Å². The van der Waals surface area contributed by atoms with Gasteiger partial charge in [0.1, 0.15) is 18.2 Å². The average Bonchev–Trinajstić information content (AvgIpc) is 3.45. The number of hydrogen-bond acceptors (Lipinski definition) is 4. The molecule has 24 heavy (non-hydrogen) atoms. The van der Waals surface area contributed by atoms with E-state index in [9.17, 15) is 9.18 Å². The summed E-state index contributed by atoms with van der Waals surface area (Å²) in [7, 11) is 0. The molecule has 1 aliphatic heterocycles. The van der Waals surface area contributed by atoms with Crippen molar-refractivity contribution in [2.45, 2.75) is 32.3 Å². The van der Waals surface area contributed by atoms with Crippen molar-refractivity contribution < 1.29 is 23.4 Å². The van der Waals surface area contributed by atoms with Crippen LogP contribution in [-0.2, 0) is 27.5 Å². The molecular weight excluding hydrogens is 311 g/mol. The average molecular weight is 328 g/mol. The van der Waals surface area contributed by atoms with Crippen LogP contribution in [-0.4, -0.2) is 5.97 Å². The predicted molar refractivity (Wildman–Crippen MR) is 83.5 cm³/mol. The molecular formula is C19H17FO4. The van der Waals surface area contributed by atoms with Gasteiger partial charge in [-0.15, -0.1) is 0 Å². The fourth-order valence-corrected chi connectivity index (χ4v) is 2.74. The van der Waals surface area contributed by atoms with Gasteiger partial charge in [0.2, 0.25) is 6.29 Å². The van der Waals surface area contributed by atoms with E-state index in [1.54, 1.807) is 0 Å². The molecule has 1 aliphatic carbocycles. The van der Waals surface area contributed by atoms with Gasteiger partial charge in [-0.05, 0) is 25.0 Å². The van der Waals surface area contributed by atoms with Crippen LogP contribution in [0, 0.1) is 11.7 Å². The number of benzene rings is 2. The van der Waals surface area contributed by atoms with Crippen LogP contribution >= 0.6 is 0 Å². The molecule has 2 aliphatic rings. The molecule has 1 heterocycles. The van der Waals surface area contributed by atoms with Gasteiger partial charge in [0.05, 0.1) is 12.5 Å². The lowest BCUT2D eigenvalue weighted by Gasteiger charge is -2.28. The van der Waals surface area contributed by atoms with Crippen LogP contribution in [0.3, 0.4) is 0 Å². The molecule has 124 valence electrons. The number of rotatable bonds is 4. The highest BCUT2D eigenvalue weighted by Gasteiger charge is 2.32. The predicted octanol–water partition coefficient (Wildman–Crippen LogP) is 3.89. The Kier molecular flexibility index (Phi) is 3.94. The third-order valence-corrected chi connectivity index (χ3v) is 4.17. The van der Waals surface area contributed by atoms with Crippen LogP contribution < -0.4 is 4.74 Å². The Hall–Kier alpha value is -2.40. The summed E-state index contributed by atoms with van der Waals surface area (Å²) in [5.41, 5.74) is 2.04. The first-order chi connectivity index (χ1) is 11.7. The number of ether oxygens (including phenoxy) is 3. The normalized spacial score (nSPS) is 19.3. The standard InChI is InChI=1S/C19H17FO4/c20-16-8-14(10-22-18(21)12-6-7-12)17-15(9-16)11-23-19(24-17)13-4-2-1-3-5-13/h1-5,8-9,12,19H,6-7,10-11H2/t19-/m0/s1. The molecule has 0 spiro atoms. The van der Waals surface area contributed by atoms with Crippen LogP contribution in [0.5, 0.6) is 5.75 Å². The Balaban J connectivity index is 1.57. The Morgan fingerprint density at radius 3 is 2.75 bits per heavy atom. The van der Waals surface area contributed by atoms with E-state index in [0.717, 1.165) is 18.4 Å². The second kappa shape index (κ2) is 6.24. The van der Waals surface area contributed by atoms with E-state index in [-0.39, 0.29) is 25.1 Å². The molecule has 2 aromatic rings. The number of esters is 1. The molecule has 5 heteroatoms. The molecule has 0 unspecified atom stereocenters. The molecule has 0 saturated heterocycles. The number of hydrogen-bond donors (Lipinski definition) is 0. The molecule has 0 bridgehead atoms. The molecule has 0 amide bonds. The first-order valence-electron chi connectivity index (χ1n) is 8.02. The summed E-state index contributed by atoms with van der Waals surface area (Å²) < 4.78 is 30.7. The Bertz CT molecular complexity index is 755. The zero-order valence-corrected chi connectivity index (χ0v) is 13.0. The maximum Gasteiger partial charge on any atom is 0.309 e. The van der Waals surface area contributed by atoms with Crippen molar-refractivity contribution in [1.29, 1.82) is 0 Å². The lowest BCUT2D eigenvalue weighted by atomic mass is 10.1. The van der Waals surface area contributed by atoms with E-state index in [1.807, 2.05) is 30.3 Å². The van der Waals surface area contributed by atoms with Crippen molar-refractivity contribution in [3.8, 4) is 5.75 Å². The van der Waals surface area contributed by atoms with E-state index >= 15 is 0 Å². The summed E-state index contributed by atoms with van der Waals surface area (Å²) in [5.74, 6) is -0.0629. The van der Waals surface area contributed by atoms with Gasteiger partial charge in [0, 0.05) is 16.7 Å². The van der Waals surface area contributed by atoms with Crippen LogP contribution in [0.1, 0.15) is 35.8 Å². The van der Waals surface area contributed by atoms with Crippen molar-refractivity contribution in [2.75, 3.05) is 0 Å². The van der Waals surface area contributed by atoms with E-state index < -0.39 is 12.1 Å². The summed E-state index contributed by atoms with van der Waals surface area (Å²) in [4.78, 5) is 11.7. The van der Waals surface area contributed by atoms with Gasteiger partial charge in [-0.3, -0.25) is 4.79 Å². The van der Waals surface area contributed by atoms with E-state index in [4.69, 9.17) is 14.2 Å². The summed E-state index contributed by atoms with van der Waals surface area (Å²) in [5, 5.41) is 0. The highest BCUT2D eigenvalue weighted by Crippen LogP contribution is 2.37. The molecule has 0 aromatic heterocycles. The number of carbonyl (C=O) groups is 1. The third-order valence-electron chi connectivity index (χ3n) is 4.17. The smallest absolute Gasteiger partial charge is 0.309 e. The van der Waals surface area contributed by atoms with Gasteiger partial charge in [0.15, 0.2) is 0 Å². The minimum Gasteiger partial charge on any atom is -0.460 e. The third kappa shape index (κ3) is 3.12. The van der Waals surface area contributed by atoms with E-state index in [1.165, 1.54) is 12.1 Å². The lowest BCUT2D eigenvalue weighted by molar-refractivity contribution is -0.146. The maximum absolute atomic E-state index is 13.8.